The van der Waals surface area contributed by atoms with Gasteiger partial charge in [0.1, 0.15) is 0 Å². The second-order valence-corrected chi connectivity index (χ2v) is 5.85. The molecule has 0 aromatic rings. The second kappa shape index (κ2) is 7.29. The van der Waals surface area contributed by atoms with Crippen molar-refractivity contribution in [3.05, 3.63) is 0 Å². The molecule has 0 radical (unpaired) electrons. The Morgan fingerprint density at radius 1 is 1.31 bits per heavy atom. The van der Waals surface area contributed by atoms with Crippen LogP contribution in [0.1, 0.15) is 46.5 Å². The van der Waals surface area contributed by atoms with E-state index >= 15 is 0 Å². The average molecular weight is 227 g/mol. The standard InChI is InChI=1S/C14H29NO/c1-11(2)14(10-16-4)15-9-13-7-5-6-12(3)8-13/h11-15H,5-10H2,1-4H3. The summed E-state index contributed by atoms with van der Waals surface area (Å²) in [5, 5.41) is 3.69. The van der Waals surface area contributed by atoms with E-state index in [1.165, 1.54) is 32.2 Å². The molecule has 3 unspecified atom stereocenters. The van der Waals surface area contributed by atoms with Crippen LogP contribution in [0.3, 0.4) is 0 Å². The highest BCUT2D eigenvalue weighted by molar-refractivity contribution is 4.76. The number of nitrogens with one attached hydrogen (secondary N) is 1. The lowest BCUT2D eigenvalue weighted by atomic mass is 9.82. The molecule has 1 fully saturated rings. The first-order chi connectivity index (χ1) is 7.63. The number of ether oxygens (including phenoxy) is 1. The van der Waals surface area contributed by atoms with Gasteiger partial charge >= 0.3 is 0 Å². The summed E-state index contributed by atoms with van der Waals surface area (Å²) in [6.45, 7) is 8.93. The van der Waals surface area contributed by atoms with E-state index in [2.05, 4.69) is 26.1 Å². The molecule has 1 saturated carbocycles. The van der Waals surface area contributed by atoms with Crippen LogP contribution in [0.25, 0.3) is 0 Å². The third kappa shape index (κ3) is 4.84. The zero-order valence-corrected chi connectivity index (χ0v) is 11.5. The summed E-state index contributed by atoms with van der Waals surface area (Å²) < 4.78 is 5.26. The van der Waals surface area contributed by atoms with E-state index in [0.29, 0.717) is 12.0 Å². The van der Waals surface area contributed by atoms with Crippen molar-refractivity contribution in [3.8, 4) is 0 Å². The Kier molecular flexibility index (Phi) is 6.37. The molecule has 3 atom stereocenters. The number of hydrogen-bond acceptors (Lipinski definition) is 2. The van der Waals surface area contributed by atoms with Gasteiger partial charge in [-0.1, -0.05) is 33.6 Å². The molecular weight excluding hydrogens is 198 g/mol. The van der Waals surface area contributed by atoms with E-state index < -0.39 is 0 Å². The molecule has 0 aliphatic heterocycles. The topological polar surface area (TPSA) is 21.3 Å². The van der Waals surface area contributed by atoms with Crippen molar-refractivity contribution in [2.75, 3.05) is 20.3 Å². The minimum atomic E-state index is 0.516. The third-order valence-corrected chi connectivity index (χ3v) is 3.86. The van der Waals surface area contributed by atoms with Crippen molar-refractivity contribution in [1.82, 2.24) is 5.32 Å². The van der Waals surface area contributed by atoms with Gasteiger partial charge in [0.05, 0.1) is 6.61 Å². The Balaban J connectivity index is 2.25. The maximum atomic E-state index is 5.26. The molecule has 0 aromatic heterocycles. The van der Waals surface area contributed by atoms with Crippen LogP contribution in [0.15, 0.2) is 0 Å². The van der Waals surface area contributed by atoms with Crippen molar-refractivity contribution in [2.45, 2.75) is 52.5 Å². The lowest BCUT2D eigenvalue weighted by Crippen LogP contribution is -2.41. The molecule has 1 aliphatic rings. The second-order valence-electron chi connectivity index (χ2n) is 5.85. The summed E-state index contributed by atoms with van der Waals surface area (Å²) in [5.74, 6) is 2.48. The summed E-state index contributed by atoms with van der Waals surface area (Å²) in [4.78, 5) is 0. The van der Waals surface area contributed by atoms with Crippen molar-refractivity contribution in [3.63, 3.8) is 0 Å². The minimum Gasteiger partial charge on any atom is -0.383 e. The van der Waals surface area contributed by atoms with E-state index in [1.807, 2.05) is 0 Å². The van der Waals surface area contributed by atoms with Gasteiger partial charge in [-0.15, -0.1) is 0 Å². The van der Waals surface area contributed by atoms with E-state index in [1.54, 1.807) is 7.11 Å². The van der Waals surface area contributed by atoms with Crippen LogP contribution in [0.5, 0.6) is 0 Å². The molecule has 2 heteroatoms. The summed E-state index contributed by atoms with van der Waals surface area (Å²) in [7, 11) is 1.79. The molecule has 1 N–H and O–H groups in total. The smallest absolute Gasteiger partial charge is 0.0618 e. The highest BCUT2D eigenvalue weighted by Crippen LogP contribution is 2.28. The lowest BCUT2D eigenvalue weighted by molar-refractivity contribution is 0.140. The zero-order chi connectivity index (χ0) is 12.0. The molecular formula is C14H29NO. The van der Waals surface area contributed by atoms with Crippen LogP contribution in [-0.4, -0.2) is 26.3 Å². The fraction of sp³-hybridized carbons (Fsp3) is 1.00. The maximum absolute atomic E-state index is 5.26. The lowest BCUT2D eigenvalue weighted by Gasteiger charge is -2.30. The molecule has 0 bridgehead atoms. The first kappa shape index (κ1) is 14.0. The molecule has 2 nitrogen and oxygen atoms in total. The third-order valence-electron chi connectivity index (χ3n) is 3.86. The van der Waals surface area contributed by atoms with E-state index in [0.717, 1.165) is 18.4 Å². The number of methoxy groups -OCH3 is 1. The van der Waals surface area contributed by atoms with E-state index in [-0.39, 0.29) is 0 Å². The summed E-state index contributed by atoms with van der Waals surface area (Å²) >= 11 is 0. The fourth-order valence-electron chi connectivity index (χ4n) is 2.73. The van der Waals surface area contributed by atoms with Gasteiger partial charge in [-0.25, -0.2) is 0 Å². The van der Waals surface area contributed by atoms with Crippen molar-refractivity contribution in [1.29, 1.82) is 0 Å². The van der Waals surface area contributed by atoms with Crippen LogP contribution in [-0.2, 0) is 4.74 Å². The molecule has 0 heterocycles. The predicted molar refractivity (Wildman–Crippen MR) is 69.6 cm³/mol. The summed E-state index contributed by atoms with van der Waals surface area (Å²) in [5.41, 5.74) is 0. The SMILES string of the molecule is COCC(NCC1CCCC(C)C1)C(C)C. The summed E-state index contributed by atoms with van der Waals surface area (Å²) in [6, 6.07) is 0.516. The van der Waals surface area contributed by atoms with Crippen LogP contribution in [0.4, 0.5) is 0 Å². The quantitative estimate of drug-likeness (QED) is 0.753. The first-order valence-electron chi connectivity index (χ1n) is 6.85. The molecule has 0 spiro atoms. The van der Waals surface area contributed by atoms with Gasteiger partial charge in [-0.3, -0.25) is 0 Å². The molecule has 1 aliphatic carbocycles. The van der Waals surface area contributed by atoms with Crippen LogP contribution < -0.4 is 5.32 Å². The molecule has 1 rings (SSSR count). The molecule has 0 saturated heterocycles. The Hall–Kier alpha value is -0.0800. The number of rotatable bonds is 6. The average Bonchev–Trinajstić information content (AvgIpc) is 2.24. The monoisotopic (exact) mass is 227 g/mol. The molecule has 0 aromatic carbocycles. The van der Waals surface area contributed by atoms with E-state index in [9.17, 15) is 0 Å². The first-order valence-corrected chi connectivity index (χ1v) is 6.85. The van der Waals surface area contributed by atoms with E-state index in [4.69, 9.17) is 4.74 Å². The number of hydrogen-bond donors (Lipinski definition) is 1. The van der Waals surface area contributed by atoms with Crippen LogP contribution >= 0.6 is 0 Å². The van der Waals surface area contributed by atoms with Crippen LogP contribution in [0.2, 0.25) is 0 Å². The molecule has 16 heavy (non-hydrogen) atoms. The normalized spacial score (nSPS) is 28.3. The van der Waals surface area contributed by atoms with Gasteiger partial charge in [-0.2, -0.15) is 0 Å². The van der Waals surface area contributed by atoms with Crippen molar-refractivity contribution in [2.24, 2.45) is 17.8 Å². The van der Waals surface area contributed by atoms with Gasteiger partial charge in [0.15, 0.2) is 0 Å². The largest absolute Gasteiger partial charge is 0.383 e. The van der Waals surface area contributed by atoms with Crippen molar-refractivity contribution < 1.29 is 4.74 Å². The van der Waals surface area contributed by atoms with Gasteiger partial charge in [0, 0.05) is 13.2 Å². The highest BCUT2D eigenvalue weighted by Gasteiger charge is 2.20. The van der Waals surface area contributed by atoms with Gasteiger partial charge < -0.3 is 10.1 Å². The summed E-state index contributed by atoms with van der Waals surface area (Å²) in [6.07, 6.45) is 5.67. The molecule has 96 valence electrons. The maximum Gasteiger partial charge on any atom is 0.0618 e. The predicted octanol–water partition coefficient (Wildman–Crippen LogP) is 3.07. The van der Waals surface area contributed by atoms with Gasteiger partial charge in [0.25, 0.3) is 0 Å². The molecule has 0 amide bonds. The zero-order valence-electron chi connectivity index (χ0n) is 11.5. The Morgan fingerprint density at radius 3 is 2.62 bits per heavy atom. The fourth-order valence-corrected chi connectivity index (χ4v) is 2.73. The van der Waals surface area contributed by atoms with Gasteiger partial charge in [-0.05, 0) is 37.1 Å². The highest BCUT2D eigenvalue weighted by atomic mass is 16.5. The Labute approximate surface area is 101 Å². The van der Waals surface area contributed by atoms with Crippen molar-refractivity contribution >= 4 is 0 Å². The van der Waals surface area contributed by atoms with Crippen LogP contribution in [0, 0.1) is 17.8 Å². The Morgan fingerprint density at radius 2 is 2.06 bits per heavy atom. The minimum absolute atomic E-state index is 0.516. The Bertz CT molecular complexity index is 182. The van der Waals surface area contributed by atoms with Gasteiger partial charge in [0.2, 0.25) is 0 Å².